The lowest BCUT2D eigenvalue weighted by atomic mass is 10.1. The van der Waals surface area contributed by atoms with E-state index in [9.17, 15) is 0 Å². The van der Waals surface area contributed by atoms with E-state index in [0.717, 1.165) is 37.6 Å². The van der Waals surface area contributed by atoms with E-state index in [1.165, 1.54) is 11.1 Å². The molecule has 0 saturated carbocycles. The maximum Gasteiger partial charge on any atom is 0.124 e. The number of benzene rings is 1. The molecule has 1 aromatic carbocycles. The van der Waals surface area contributed by atoms with Crippen LogP contribution < -0.4 is 10.1 Å². The molecule has 1 aliphatic heterocycles. The van der Waals surface area contributed by atoms with Crippen LogP contribution >= 0.6 is 0 Å². The van der Waals surface area contributed by atoms with Gasteiger partial charge in [-0.15, -0.1) is 0 Å². The molecule has 4 heteroatoms. The predicted octanol–water partition coefficient (Wildman–Crippen LogP) is 1.90. The average molecular weight is 230 g/mol. The lowest BCUT2D eigenvalue weighted by Gasteiger charge is -2.05. The number of aromatic nitrogens is 1. The summed E-state index contributed by atoms with van der Waals surface area (Å²) in [6, 6.07) is 8.22. The van der Waals surface area contributed by atoms with Crippen molar-refractivity contribution < 1.29 is 9.26 Å². The molecule has 0 amide bonds. The maximum absolute atomic E-state index is 5.47. The van der Waals surface area contributed by atoms with Gasteiger partial charge in [-0.2, -0.15) is 0 Å². The minimum absolute atomic E-state index is 0.726. The van der Waals surface area contributed by atoms with Crippen molar-refractivity contribution in [1.29, 1.82) is 0 Å². The molecule has 2 aromatic rings. The van der Waals surface area contributed by atoms with Gasteiger partial charge in [0.2, 0.25) is 0 Å². The SMILES string of the molecule is c1cc(CNCc2ccc3c(c2)CCO3)no1. The number of fused-ring (bicyclic) bond motifs is 1. The van der Waals surface area contributed by atoms with Crippen LogP contribution in [0.25, 0.3) is 0 Å². The molecule has 1 N–H and O–H groups in total. The fraction of sp³-hybridized carbons (Fsp3) is 0.308. The van der Waals surface area contributed by atoms with E-state index in [4.69, 9.17) is 9.26 Å². The summed E-state index contributed by atoms with van der Waals surface area (Å²) in [7, 11) is 0. The normalized spacial score (nSPS) is 13.4. The molecule has 0 saturated heterocycles. The summed E-state index contributed by atoms with van der Waals surface area (Å²) >= 11 is 0. The lowest BCUT2D eigenvalue weighted by Crippen LogP contribution is -2.12. The largest absolute Gasteiger partial charge is 0.493 e. The highest BCUT2D eigenvalue weighted by Crippen LogP contribution is 2.25. The van der Waals surface area contributed by atoms with Crippen LogP contribution in [-0.2, 0) is 19.5 Å². The third kappa shape index (κ3) is 2.31. The van der Waals surface area contributed by atoms with Crippen molar-refractivity contribution in [2.45, 2.75) is 19.5 Å². The fourth-order valence-corrected chi connectivity index (χ4v) is 2.01. The van der Waals surface area contributed by atoms with Crippen LogP contribution in [0, 0.1) is 0 Å². The van der Waals surface area contributed by atoms with Gasteiger partial charge in [-0.3, -0.25) is 0 Å². The van der Waals surface area contributed by atoms with Crippen LogP contribution in [0.15, 0.2) is 35.1 Å². The van der Waals surface area contributed by atoms with Crippen molar-refractivity contribution in [3.63, 3.8) is 0 Å². The Balaban J connectivity index is 1.58. The van der Waals surface area contributed by atoms with Crippen LogP contribution in [0.5, 0.6) is 5.75 Å². The number of ether oxygens (including phenoxy) is 1. The van der Waals surface area contributed by atoms with Gasteiger partial charge in [0.15, 0.2) is 0 Å². The monoisotopic (exact) mass is 230 g/mol. The second-order valence-electron chi connectivity index (χ2n) is 4.13. The van der Waals surface area contributed by atoms with Crippen molar-refractivity contribution in [2.75, 3.05) is 6.61 Å². The van der Waals surface area contributed by atoms with E-state index in [0.29, 0.717) is 0 Å². The molecule has 0 unspecified atom stereocenters. The lowest BCUT2D eigenvalue weighted by molar-refractivity contribution is 0.357. The maximum atomic E-state index is 5.47. The topological polar surface area (TPSA) is 47.3 Å². The van der Waals surface area contributed by atoms with Gasteiger partial charge in [0, 0.05) is 25.6 Å². The van der Waals surface area contributed by atoms with Gasteiger partial charge >= 0.3 is 0 Å². The van der Waals surface area contributed by atoms with Gasteiger partial charge in [0.25, 0.3) is 0 Å². The summed E-state index contributed by atoms with van der Waals surface area (Å²) in [6.07, 6.45) is 2.61. The molecule has 4 nitrogen and oxygen atoms in total. The minimum atomic E-state index is 0.726. The Hall–Kier alpha value is -1.81. The van der Waals surface area contributed by atoms with Crippen molar-refractivity contribution in [2.24, 2.45) is 0 Å². The summed E-state index contributed by atoms with van der Waals surface area (Å²) in [4.78, 5) is 0. The molecule has 2 heterocycles. The van der Waals surface area contributed by atoms with Gasteiger partial charge in [-0.1, -0.05) is 17.3 Å². The molecule has 0 spiro atoms. The zero-order chi connectivity index (χ0) is 11.5. The number of rotatable bonds is 4. The first-order valence-corrected chi connectivity index (χ1v) is 5.76. The Morgan fingerprint density at radius 1 is 1.24 bits per heavy atom. The molecule has 88 valence electrons. The quantitative estimate of drug-likeness (QED) is 0.871. The number of nitrogens with one attached hydrogen (secondary N) is 1. The second-order valence-corrected chi connectivity index (χ2v) is 4.13. The highest BCUT2D eigenvalue weighted by Gasteiger charge is 2.11. The van der Waals surface area contributed by atoms with Gasteiger partial charge < -0.3 is 14.6 Å². The first-order chi connectivity index (χ1) is 8.42. The van der Waals surface area contributed by atoms with Crippen molar-refractivity contribution in [3.8, 4) is 5.75 Å². The number of hydrogen-bond acceptors (Lipinski definition) is 4. The van der Waals surface area contributed by atoms with Crippen molar-refractivity contribution in [3.05, 3.63) is 47.3 Å². The number of nitrogens with zero attached hydrogens (tertiary/aromatic N) is 1. The fourth-order valence-electron chi connectivity index (χ4n) is 2.01. The van der Waals surface area contributed by atoms with Crippen LogP contribution in [-0.4, -0.2) is 11.8 Å². The Morgan fingerprint density at radius 3 is 3.12 bits per heavy atom. The van der Waals surface area contributed by atoms with Gasteiger partial charge in [0.1, 0.15) is 12.0 Å². The zero-order valence-corrected chi connectivity index (χ0v) is 9.48. The van der Waals surface area contributed by atoms with Crippen LogP contribution in [0.1, 0.15) is 16.8 Å². The highest BCUT2D eigenvalue weighted by atomic mass is 16.5. The van der Waals surface area contributed by atoms with Gasteiger partial charge in [-0.05, 0) is 17.2 Å². The summed E-state index contributed by atoms with van der Waals surface area (Å²) in [5, 5.41) is 7.18. The summed E-state index contributed by atoms with van der Waals surface area (Å²) in [5.41, 5.74) is 3.51. The molecule has 17 heavy (non-hydrogen) atoms. The van der Waals surface area contributed by atoms with Crippen LogP contribution in [0.3, 0.4) is 0 Å². The van der Waals surface area contributed by atoms with Crippen molar-refractivity contribution in [1.82, 2.24) is 10.5 Å². The second kappa shape index (κ2) is 4.59. The van der Waals surface area contributed by atoms with Gasteiger partial charge in [0.05, 0.1) is 12.3 Å². The first kappa shape index (κ1) is 10.4. The third-order valence-electron chi connectivity index (χ3n) is 2.88. The van der Waals surface area contributed by atoms with E-state index in [1.807, 2.05) is 6.07 Å². The minimum Gasteiger partial charge on any atom is -0.493 e. The molecular formula is C13H14N2O2. The molecule has 0 fully saturated rings. The predicted molar refractivity (Wildman–Crippen MR) is 62.7 cm³/mol. The third-order valence-corrected chi connectivity index (χ3v) is 2.88. The Morgan fingerprint density at radius 2 is 2.24 bits per heavy atom. The molecule has 0 atom stereocenters. The Bertz CT molecular complexity index is 494. The smallest absolute Gasteiger partial charge is 0.124 e. The van der Waals surface area contributed by atoms with Crippen LogP contribution in [0.2, 0.25) is 0 Å². The Kier molecular flexibility index (Phi) is 2.80. The highest BCUT2D eigenvalue weighted by molar-refractivity contribution is 5.39. The molecule has 1 aliphatic rings. The molecule has 1 aromatic heterocycles. The van der Waals surface area contributed by atoms with E-state index >= 15 is 0 Å². The Labute approximate surface area is 99.6 Å². The first-order valence-electron chi connectivity index (χ1n) is 5.76. The average Bonchev–Trinajstić information content (AvgIpc) is 2.98. The summed E-state index contributed by atoms with van der Waals surface area (Å²) in [6.45, 7) is 2.37. The molecule has 0 radical (unpaired) electrons. The summed E-state index contributed by atoms with van der Waals surface area (Å²) in [5.74, 6) is 1.03. The van der Waals surface area contributed by atoms with Crippen molar-refractivity contribution >= 4 is 0 Å². The molecule has 3 rings (SSSR count). The molecule has 0 aliphatic carbocycles. The van der Waals surface area contributed by atoms with E-state index in [1.54, 1.807) is 6.26 Å². The standard InChI is InChI=1S/C13H14N2O2/c1-2-13-11(3-5-16-13)7-10(1)8-14-9-12-4-6-17-15-12/h1-2,4,6-7,14H,3,5,8-9H2. The van der Waals surface area contributed by atoms with E-state index in [2.05, 4.69) is 28.7 Å². The van der Waals surface area contributed by atoms with Crippen LogP contribution in [0.4, 0.5) is 0 Å². The molecular weight excluding hydrogens is 216 g/mol. The zero-order valence-electron chi connectivity index (χ0n) is 9.48. The van der Waals surface area contributed by atoms with E-state index < -0.39 is 0 Å². The number of hydrogen-bond donors (Lipinski definition) is 1. The molecule has 0 bridgehead atoms. The van der Waals surface area contributed by atoms with Gasteiger partial charge in [-0.25, -0.2) is 0 Å². The van der Waals surface area contributed by atoms with E-state index in [-0.39, 0.29) is 0 Å². The summed E-state index contributed by atoms with van der Waals surface area (Å²) < 4.78 is 10.2.